The summed E-state index contributed by atoms with van der Waals surface area (Å²) < 4.78 is 11.1. The highest BCUT2D eigenvalue weighted by molar-refractivity contribution is 5.23. The highest BCUT2D eigenvalue weighted by Gasteiger charge is 2.25. The molecule has 0 saturated carbocycles. The molecule has 0 radical (unpaired) electrons. The summed E-state index contributed by atoms with van der Waals surface area (Å²) in [5.41, 5.74) is 6.28. The van der Waals surface area contributed by atoms with Crippen molar-refractivity contribution in [1.29, 1.82) is 0 Å². The lowest BCUT2D eigenvalue weighted by molar-refractivity contribution is -0.0374. The molecule has 1 atom stereocenters. The van der Waals surface area contributed by atoms with Gasteiger partial charge in [-0.05, 0) is 32.8 Å². The maximum atomic E-state index is 9.54. The van der Waals surface area contributed by atoms with E-state index < -0.39 is 5.54 Å². The molecular formula is C16H27NO3. The number of benzene rings is 1. The molecular weight excluding hydrogens is 254 g/mol. The van der Waals surface area contributed by atoms with Crippen LogP contribution in [-0.4, -0.2) is 37.1 Å². The van der Waals surface area contributed by atoms with Gasteiger partial charge >= 0.3 is 0 Å². The molecule has 0 fully saturated rings. The zero-order chi connectivity index (χ0) is 15.1. The molecule has 20 heavy (non-hydrogen) atoms. The Bertz CT molecular complexity index is 375. The molecule has 114 valence electrons. The highest BCUT2D eigenvalue weighted by atomic mass is 16.5. The zero-order valence-electron chi connectivity index (χ0n) is 12.8. The Morgan fingerprint density at radius 1 is 1.05 bits per heavy atom. The molecule has 0 aromatic heterocycles. The van der Waals surface area contributed by atoms with E-state index >= 15 is 0 Å². The summed E-state index contributed by atoms with van der Waals surface area (Å²) >= 11 is 0. The van der Waals surface area contributed by atoms with E-state index in [-0.39, 0.29) is 12.2 Å². The van der Waals surface area contributed by atoms with Crippen LogP contribution in [0.2, 0.25) is 0 Å². The number of aliphatic hydroxyl groups is 1. The third kappa shape index (κ3) is 6.01. The van der Waals surface area contributed by atoms with Gasteiger partial charge in [0.1, 0.15) is 0 Å². The lowest BCUT2D eigenvalue weighted by atomic mass is 9.89. The predicted octanol–water partition coefficient (Wildman–Crippen LogP) is 2.05. The average Bonchev–Trinajstić information content (AvgIpc) is 2.42. The van der Waals surface area contributed by atoms with Gasteiger partial charge < -0.3 is 20.3 Å². The molecule has 0 saturated heterocycles. The number of aliphatic hydroxyl groups excluding tert-OH is 1. The highest BCUT2D eigenvalue weighted by Crippen LogP contribution is 2.21. The molecule has 0 aliphatic rings. The van der Waals surface area contributed by atoms with E-state index in [1.165, 1.54) is 0 Å². The number of ether oxygens (including phenoxy) is 2. The van der Waals surface area contributed by atoms with Crippen LogP contribution in [0.3, 0.4) is 0 Å². The van der Waals surface area contributed by atoms with Gasteiger partial charge in [0.25, 0.3) is 0 Å². The Morgan fingerprint density at radius 2 is 1.70 bits per heavy atom. The summed E-state index contributed by atoms with van der Waals surface area (Å²) in [6.45, 7) is 7.54. The first-order chi connectivity index (χ1) is 9.37. The lowest BCUT2D eigenvalue weighted by Crippen LogP contribution is -2.41. The third-order valence-corrected chi connectivity index (χ3v) is 3.09. The van der Waals surface area contributed by atoms with Crippen molar-refractivity contribution in [3.05, 3.63) is 35.9 Å². The van der Waals surface area contributed by atoms with Gasteiger partial charge in [-0.3, -0.25) is 0 Å². The van der Waals surface area contributed by atoms with E-state index in [1.54, 1.807) is 0 Å². The molecule has 1 aromatic carbocycles. The maximum absolute atomic E-state index is 9.54. The van der Waals surface area contributed by atoms with Crippen molar-refractivity contribution >= 4 is 0 Å². The smallest absolute Gasteiger partial charge is 0.0707 e. The lowest BCUT2D eigenvalue weighted by Gasteiger charge is -2.28. The minimum absolute atomic E-state index is 0.0983. The van der Waals surface area contributed by atoms with Gasteiger partial charge in [-0.15, -0.1) is 0 Å². The fourth-order valence-corrected chi connectivity index (χ4v) is 1.85. The molecule has 4 heteroatoms. The van der Waals surface area contributed by atoms with Crippen LogP contribution in [0.5, 0.6) is 0 Å². The first-order valence-electron chi connectivity index (χ1n) is 7.04. The Hall–Kier alpha value is -0.940. The van der Waals surface area contributed by atoms with Crippen LogP contribution in [0.1, 0.15) is 32.8 Å². The number of rotatable bonds is 8. The van der Waals surface area contributed by atoms with Crippen molar-refractivity contribution in [2.45, 2.75) is 38.3 Å². The fraction of sp³-hybridized carbons (Fsp3) is 0.625. The second kappa shape index (κ2) is 7.74. The normalized spacial score (nSPS) is 15.1. The van der Waals surface area contributed by atoms with E-state index in [9.17, 15) is 5.11 Å². The Morgan fingerprint density at radius 3 is 2.25 bits per heavy atom. The monoisotopic (exact) mass is 281 g/mol. The Balaban J connectivity index is 2.32. The molecule has 1 unspecified atom stereocenters. The minimum atomic E-state index is -0.744. The minimum Gasteiger partial charge on any atom is -0.394 e. The Kier molecular flexibility index (Phi) is 6.62. The SMILES string of the molecule is CC(C)(C)OCCOCCC(N)(CO)c1ccccc1. The summed E-state index contributed by atoms with van der Waals surface area (Å²) in [4.78, 5) is 0. The average molecular weight is 281 g/mol. The molecule has 0 bridgehead atoms. The van der Waals surface area contributed by atoms with Crippen molar-refractivity contribution < 1.29 is 14.6 Å². The van der Waals surface area contributed by atoms with Crippen molar-refractivity contribution in [1.82, 2.24) is 0 Å². The van der Waals surface area contributed by atoms with Gasteiger partial charge in [-0.2, -0.15) is 0 Å². The molecule has 3 N–H and O–H groups in total. The molecule has 0 spiro atoms. The maximum Gasteiger partial charge on any atom is 0.0707 e. The van der Waals surface area contributed by atoms with Gasteiger partial charge in [-0.25, -0.2) is 0 Å². The summed E-state index contributed by atoms with van der Waals surface area (Å²) in [5, 5.41) is 9.54. The topological polar surface area (TPSA) is 64.7 Å². The van der Waals surface area contributed by atoms with Crippen molar-refractivity contribution in [3.63, 3.8) is 0 Å². The molecule has 0 heterocycles. The van der Waals surface area contributed by atoms with Crippen molar-refractivity contribution in [2.75, 3.05) is 26.4 Å². The third-order valence-electron chi connectivity index (χ3n) is 3.09. The summed E-state index contributed by atoms with van der Waals surface area (Å²) in [6.07, 6.45) is 0.572. The van der Waals surface area contributed by atoms with Crippen LogP contribution < -0.4 is 5.73 Å². The second-order valence-electron chi connectivity index (χ2n) is 6.00. The van der Waals surface area contributed by atoms with Crippen LogP contribution in [0.25, 0.3) is 0 Å². The number of hydrogen-bond donors (Lipinski definition) is 2. The van der Waals surface area contributed by atoms with Crippen molar-refractivity contribution in [3.8, 4) is 0 Å². The van der Waals surface area contributed by atoms with E-state index in [1.807, 2.05) is 51.1 Å². The van der Waals surface area contributed by atoms with Crippen LogP contribution >= 0.6 is 0 Å². The molecule has 0 aliphatic carbocycles. The molecule has 4 nitrogen and oxygen atoms in total. The summed E-state index contributed by atoms with van der Waals surface area (Å²) in [5.74, 6) is 0. The Labute approximate surface area is 121 Å². The quantitative estimate of drug-likeness (QED) is 0.716. The predicted molar refractivity (Wildman–Crippen MR) is 80.5 cm³/mol. The molecule has 0 aliphatic heterocycles. The molecule has 1 aromatic rings. The van der Waals surface area contributed by atoms with E-state index in [4.69, 9.17) is 15.2 Å². The van der Waals surface area contributed by atoms with Gasteiger partial charge in [0.2, 0.25) is 0 Å². The second-order valence-corrected chi connectivity index (χ2v) is 6.00. The number of nitrogens with two attached hydrogens (primary N) is 1. The van der Waals surface area contributed by atoms with E-state index in [2.05, 4.69) is 0 Å². The van der Waals surface area contributed by atoms with Gasteiger partial charge in [-0.1, -0.05) is 30.3 Å². The fourth-order valence-electron chi connectivity index (χ4n) is 1.85. The number of hydrogen-bond acceptors (Lipinski definition) is 4. The summed E-state index contributed by atoms with van der Waals surface area (Å²) in [7, 11) is 0. The van der Waals surface area contributed by atoms with Gasteiger partial charge in [0, 0.05) is 6.61 Å². The van der Waals surface area contributed by atoms with Crippen LogP contribution in [-0.2, 0) is 15.0 Å². The van der Waals surface area contributed by atoms with Crippen LogP contribution in [0, 0.1) is 0 Å². The van der Waals surface area contributed by atoms with Gasteiger partial charge in [0.05, 0.1) is 31.0 Å². The van der Waals surface area contributed by atoms with E-state index in [0.717, 1.165) is 5.56 Å². The van der Waals surface area contributed by atoms with Crippen LogP contribution in [0.4, 0.5) is 0 Å². The van der Waals surface area contributed by atoms with Gasteiger partial charge in [0.15, 0.2) is 0 Å². The first-order valence-corrected chi connectivity index (χ1v) is 7.04. The molecule has 0 amide bonds. The summed E-state index contributed by atoms with van der Waals surface area (Å²) in [6, 6.07) is 9.63. The van der Waals surface area contributed by atoms with E-state index in [0.29, 0.717) is 26.2 Å². The zero-order valence-corrected chi connectivity index (χ0v) is 12.8. The largest absolute Gasteiger partial charge is 0.394 e. The standard InChI is InChI=1S/C16H27NO3/c1-15(2,3)20-12-11-19-10-9-16(17,13-18)14-7-5-4-6-8-14/h4-8,18H,9-13,17H2,1-3H3. The van der Waals surface area contributed by atoms with Crippen molar-refractivity contribution in [2.24, 2.45) is 5.73 Å². The molecule has 1 rings (SSSR count). The van der Waals surface area contributed by atoms with Crippen LogP contribution in [0.15, 0.2) is 30.3 Å². The first kappa shape index (κ1) is 17.1.